The van der Waals surface area contributed by atoms with Crippen LogP contribution in [0.4, 0.5) is 0 Å². The van der Waals surface area contributed by atoms with E-state index in [2.05, 4.69) is 39.2 Å². The van der Waals surface area contributed by atoms with E-state index in [1.807, 2.05) is 48.5 Å². The zero-order valence-corrected chi connectivity index (χ0v) is 14.3. The molecular formula is C21H16ClN3. The van der Waals surface area contributed by atoms with Crippen LogP contribution >= 0.6 is 11.6 Å². The Kier molecular flexibility index (Phi) is 4.40. The zero-order chi connectivity index (χ0) is 17.1. The van der Waals surface area contributed by atoms with Gasteiger partial charge in [0.2, 0.25) is 5.28 Å². The van der Waals surface area contributed by atoms with E-state index in [0.717, 1.165) is 24.0 Å². The number of nitrogens with zero attached hydrogens (tertiary/aromatic N) is 3. The molecule has 0 unspecified atom stereocenters. The minimum atomic E-state index is 0.223. The molecule has 0 radical (unpaired) electrons. The standard InChI is InChI=1S/C21H16ClN3/c22-21-24-19(16-10-5-2-6-11-16)23-20(25-21)18-13-7-12-17(14-18)15-8-3-1-4-9-15/h1-6,8-12,14H,7,13H2. The molecule has 3 nitrogen and oxygen atoms in total. The van der Waals surface area contributed by atoms with Crippen LogP contribution in [-0.4, -0.2) is 15.0 Å². The predicted molar refractivity (Wildman–Crippen MR) is 102 cm³/mol. The van der Waals surface area contributed by atoms with Gasteiger partial charge in [0.05, 0.1) is 0 Å². The first kappa shape index (κ1) is 15.7. The number of rotatable bonds is 3. The summed E-state index contributed by atoms with van der Waals surface area (Å²) in [5.74, 6) is 1.26. The molecule has 0 aliphatic heterocycles. The van der Waals surface area contributed by atoms with Crippen LogP contribution in [0.5, 0.6) is 0 Å². The number of hydrogen-bond donors (Lipinski definition) is 0. The highest BCUT2D eigenvalue weighted by molar-refractivity contribution is 6.28. The van der Waals surface area contributed by atoms with Gasteiger partial charge in [-0.1, -0.05) is 66.7 Å². The van der Waals surface area contributed by atoms with Crippen molar-refractivity contribution in [2.45, 2.75) is 12.8 Å². The van der Waals surface area contributed by atoms with Crippen LogP contribution in [0.1, 0.15) is 24.2 Å². The summed E-state index contributed by atoms with van der Waals surface area (Å²) < 4.78 is 0. The van der Waals surface area contributed by atoms with Crippen molar-refractivity contribution in [1.29, 1.82) is 0 Å². The molecule has 1 aliphatic rings. The fourth-order valence-electron chi connectivity index (χ4n) is 2.92. The highest BCUT2D eigenvalue weighted by Gasteiger charge is 2.14. The summed E-state index contributed by atoms with van der Waals surface area (Å²) in [5.41, 5.74) is 4.41. The Balaban J connectivity index is 1.73. The van der Waals surface area contributed by atoms with Crippen molar-refractivity contribution >= 4 is 22.7 Å². The van der Waals surface area contributed by atoms with E-state index >= 15 is 0 Å². The molecule has 0 fully saturated rings. The lowest BCUT2D eigenvalue weighted by molar-refractivity contribution is 0.975. The van der Waals surface area contributed by atoms with Gasteiger partial charge >= 0.3 is 0 Å². The predicted octanol–water partition coefficient (Wildman–Crippen LogP) is 5.45. The van der Waals surface area contributed by atoms with Gasteiger partial charge in [0, 0.05) is 5.56 Å². The first-order valence-electron chi connectivity index (χ1n) is 8.23. The Morgan fingerprint density at radius 2 is 1.36 bits per heavy atom. The van der Waals surface area contributed by atoms with Crippen molar-refractivity contribution in [3.63, 3.8) is 0 Å². The quantitative estimate of drug-likeness (QED) is 0.633. The Hall–Kier alpha value is -2.78. The van der Waals surface area contributed by atoms with Crippen LogP contribution in [0.25, 0.3) is 22.5 Å². The second-order valence-corrected chi connectivity index (χ2v) is 6.19. The van der Waals surface area contributed by atoms with Crippen LogP contribution < -0.4 is 0 Å². The molecule has 4 heteroatoms. The number of hydrogen-bond acceptors (Lipinski definition) is 3. The zero-order valence-electron chi connectivity index (χ0n) is 13.6. The molecule has 0 amide bonds. The number of halogens is 1. The summed E-state index contributed by atoms with van der Waals surface area (Å²) in [6, 6.07) is 20.2. The molecule has 0 atom stereocenters. The molecule has 0 N–H and O–H groups in total. The van der Waals surface area contributed by atoms with E-state index in [9.17, 15) is 0 Å². The van der Waals surface area contributed by atoms with Crippen molar-refractivity contribution in [1.82, 2.24) is 15.0 Å². The lowest BCUT2D eigenvalue weighted by atomic mass is 9.94. The van der Waals surface area contributed by atoms with E-state index in [-0.39, 0.29) is 5.28 Å². The Labute approximate surface area is 151 Å². The van der Waals surface area contributed by atoms with Crippen LogP contribution in [0, 0.1) is 0 Å². The van der Waals surface area contributed by atoms with Gasteiger partial charge in [0.1, 0.15) is 0 Å². The fraction of sp³-hybridized carbons (Fsp3) is 0.0952. The van der Waals surface area contributed by atoms with Crippen LogP contribution in [-0.2, 0) is 0 Å². The molecule has 1 heterocycles. The molecule has 25 heavy (non-hydrogen) atoms. The van der Waals surface area contributed by atoms with Gasteiger partial charge in [-0.05, 0) is 47.2 Å². The maximum Gasteiger partial charge on any atom is 0.226 e. The Bertz CT molecular complexity index is 947. The molecule has 0 saturated carbocycles. The molecule has 0 saturated heterocycles. The average molecular weight is 346 g/mol. The maximum atomic E-state index is 6.17. The summed E-state index contributed by atoms with van der Waals surface area (Å²) in [6.07, 6.45) is 6.25. The van der Waals surface area contributed by atoms with E-state index in [1.165, 1.54) is 11.1 Å². The molecule has 0 bridgehead atoms. The number of aromatic nitrogens is 3. The summed E-state index contributed by atoms with van der Waals surface area (Å²) in [7, 11) is 0. The fourth-order valence-corrected chi connectivity index (χ4v) is 3.08. The third-order valence-corrected chi connectivity index (χ3v) is 4.31. The smallest absolute Gasteiger partial charge is 0.208 e. The van der Waals surface area contributed by atoms with Gasteiger partial charge in [-0.15, -0.1) is 0 Å². The third kappa shape index (κ3) is 3.52. The molecule has 4 rings (SSSR count). The SMILES string of the molecule is Clc1nc(C2=CC(c3ccccc3)=CCC2)nc(-c2ccccc2)n1. The van der Waals surface area contributed by atoms with Crippen molar-refractivity contribution < 1.29 is 0 Å². The first-order valence-corrected chi connectivity index (χ1v) is 8.61. The minimum absolute atomic E-state index is 0.223. The molecule has 1 aliphatic carbocycles. The van der Waals surface area contributed by atoms with Crippen molar-refractivity contribution in [3.05, 3.63) is 89.5 Å². The van der Waals surface area contributed by atoms with E-state index < -0.39 is 0 Å². The number of allylic oxidation sites excluding steroid dienone is 4. The van der Waals surface area contributed by atoms with E-state index in [1.54, 1.807) is 0 Å². The van der Waals surface area contributed by atoms with E-state index in [0.29, 0.717) is 11.6 Å². The van der Waals surface area contributed by atoms with Gasteiger partial charge in [-0.2, -0.15) is 9.97 Å². The van der Waals surface area contributed by atoms with Gasteiger partial charge in [0.15, 0.2) is 11.6 Å². The highest BCUT2D eigenvalue weighted by atomic mass is 35.5. The van der Waals surface area contributed by atoms with Crippen molar-refractivity contribution in [2.24, 2.45) is 0 Å². The van der Waals surface area contributed by atoms with Gasteiger partial charge in [-0.25, -0.2) is 4.98 Å². The summed E-state index contributed by atoms with van der Waals surface area (Å²) >= 11 is 6.17. The first-order chi connectivity index (χ1) is 12.3. The van der Waals surface area contributed by atoms with Crippen molar-refractivity contribution in [3.8, 4) is 11.4 Å². The van der Waals surface area contributed by atoms with Crippen LogP contribution in [0.15, 0.2) is 72.8 Å². The normalized spacial score (nSPS) is 14.0. The molecule has 3 aromatic rings. The topological polar surface area (TPSA) is 38.7 Å². The Morgan fingerprint density at radius 3 is 2.08 bits per heavy atom. The minimum Gasteiger partial charge on any atom is -0.208 e. The van der Waals surface area contributed by atoms with Crippen LogP contribution in [0.3, 0.4) is 0 Å². The molecule has 122 valence electrons. The van der Waals surface area contributed by atoms with Crippen LogP contribution in [0.2, 0.25) is 5.28 Å². The van der Waals surface area contributed by atoms with Gasteiger partial charge < -0.3 is 0 Å². The molecule has 1 aromatic heterocycles. The largest absolute Gasteiger partial charge is 0.226 e. The lowest BCUT2D eigenvalue weighted by Gasteiger charge is -2.14. The lowest BCUT2D eigenvalue weighted by Crippen LogP contribution is -2.02. The van der Waals surface area contributed by atoms with Gasteiger partial charge in [-0.3, -0.25) is 0 Å². The Morgan fingerprint density at radius 1 is 0.720 bits per heavy atom. The van der Waals surface area contributed by atoms with Gasteiger partial charge in [0.25, 0.3) is 0 Å². The average Bonchev–Trinajstić information content (AvgIpc) is 2.69. The monoisotopic (exact) mass is 345 g/mol. The second kappa shape index (κ2) is 6.99. The summed E-state index contributed by atoms with van der Waals surface area (Å²) in [5, 5.41) is 0.223. The molecular weight excluding hydrogens is 330 g/mol. The van der Waals surface area contributed by atoms with Crippen molar-refractivity contribution in [2.75, 3.05) is 0 Å². The number of benzene rings is 2. The summed E-state index contributed by atoms with van der Waals surface area (Å²) in [4.78, 5) is 13.3. The molecule has 2 aromatic carbocycles. The maximum absolute atomic E-state index is 6.17. The summed E-state index contributed by atoms with van der Waals surface area (Å²) in [6.45, 7) is 0. The molecule has 0 spiro atoms. The second-order valence-electron chi connectivity index (χ2n) is 5.85. The highest BCUT2D eigenvalue weighted by Crippen LogP contribution is 2.30. The van der Waals surface area contributed by atoms with E-state index in [4.69, 9.17) is 11.6 Å². The third-order valence-electron chi connectivity index (χ3n) is 4.14.